The molecular formula is C17H15ClN2O2. The van der Waals surface area contributed by atoms with Gasteiger partial charge in [0.05, 0.1) is 5.71 Å². The van der Waals surface area contributed by atoms with Gasteiger partial charge in [-0.05, 0) is 54.1 Å². The van der Waals surface area contributed by atoms with E-state index in [0.29, 0.717) is 11.4 Å². The van der Waals surface area contributed by atoms with Crippen molar-refractivity contribution in [2.45, 2.75) is 13.3 Å². The number of carbonyl (C=O) groups excluding carboxylic acids is 1. The molecule has 1 heterocycles. The fourth-order valence-corrected chi connectivity index (χ4v) is 2.46. The van der Waals surface area contributed by atoms with E-state index in [2.05, 4.69) is 10.5 Å². The molecule has 2 aromatic rings. The Morgan fingerprint density at radius 2 is 1.68 bits per heavy atom. The van der Waals surface area contributed by atoms with Crippen LogP contribution in [0.15, 0.2) is 53.6 Å². The molecular weight excluding hydrogens is 300 g/mol. The van der Waals surface area contributed by atoms with Crippen LogP contribution in [-0.2, 0) is 4.79 Å². The largest absolute Gasteiger partial charge is 0.457 e. The van der Waals surface area contributed by atoms with Gasteiger partial charge < -0.3 is 4.74 Å². The molecule has 1 N–H and O–H groups in total. The van der Waals surface area contributed by atoms with Crippen molar-refractivity contribution in [3.05, 3.63) is 59.1 Å². The second-order valence-electron chi connectivity index (χ2n) is 5.22. The van der Waals surface area contributed by atoms with Crippen molar-refractivity contribution >= 4 is 23.2 Å². The van der Waals surface area contributed by atoms with Gasteiger partial charge in [-0.15, -0.1) is 0 Å². The summed E-state index contributed by atoms with van der Waals surface area (Å²) in [4.78, 5) is 11.3. The molecule has 0 aliphatic carbocycles. The number of benzene rings is 2. The lowest BCUT2D eigenvalue weighted by atomic mass is 9.94. The summed E-state index contributed by atoms with van der Waals surface area (Å²) in [5.74, 6) is 1.53. The number of amides is 1. The lowest BCUT2D eigenvalue weighted by Crippen LogP contribution is -2.31. The van der Waals surface area contributed by atoms with Crippen molar-refractivity contribution in [1.82, 2.24) is 5.43 Å². The molecule has 1 unspecified atom stereocenters. The van der Waals surface area contributed by atoms with Gasteiger partial charge in [-0.25, -0.2) is 5.43 Å². The Morgan fingerprint density at radius 1 is 1.09 bits per heavy atom. The van der Waals surface area contributed by atoms with Gasteiger partial charge in [0.25, 0.3) is 0 Å². The number of hydrogen-bond donors (Lipinski definition) is 1. The predicted octanol–water partition coefficient (Wildman–Crippen LogP) is 3.99. The predicted molar refractivity (Wildman–Crippen MR) is 86.4 cm³/mol. The highest BCUT2D eigenvalue weighted by molar-refractivity contribution is 6.30. The normalized spacial score (nSPS) is 17.6. The van der Waals surface area contributed by atoms with E-state index in [1.54, 1.807) is 12.1 Å². The molecule has 2 aromatic carbocycles. The topological polar surface area (TPSA) is 50.7 Å². The van der Waals surface area contributed by atoms with Gasteiger partial charge in [0.1, 0.15) is 11.5 Å². The molecule has 0 saturated carbocycles. The average molecular weight is 315 g/mol. The van der Waals surface area contributed by atoms with E-state index >= 15 is 0 Å². The summed E-state index contributed by atoms with van der Waals surface area (Å²) in [7, 11) is 0. The number of halogens is 1. The maximum absolute atomic E-state index is 11.3. The highest BCUT2D eigenvalue weighted by Gasteiger charge is 2.21. The Labute approximate surface area is 133 Å². The fourth-order valence-electron chi connectivity index (χ4n) is 2.33. The van der Waals surface area contributed by atoms with Crippen molar-refractivity contribution < 1.29 is 9.53 Å². The first-order valence-corrected chi connectivity index (χ1v) is 7.40. The molecule has 1 aliphatic heterocycles. The number of nitrogens with one attached hydrogen (secondary N) is 1. The van der Waals surface area contributed by atoms with Crippen molar-refractivity contribution in [3.63, 3.8) is 0 Å². The van der Waals surface area contributed by atoms with E-state index in [0.717, 1.165) is 22.8 Å². The van der Waals surface area contributed by atoms with Crippen LogP contribution in [0.2, 0.25) is 5.02 Å². The zero-order valence-corrected chi connectivity index (χ0v) is 12.8. The van der Waals surface area contributed by atoms with Crippen molar-refractivity contribution in [1.29, 1.82) is 0 Å². The van der Waals surface area contributed by atoms with Crippen molar-refractivity contribution in [3.8, 4) is 11.5 Å². The number of nitrogens with zero attached hydrogens (tertiary/aromatic N) is 1. The Kier molecular flexibility index (Phi) is 4.11. The van der Waals surface area contributed by atoms with Crippen LogP contribution in [0.4, 0.5) is 0 Å². The zero-order chi connectivity index (χ0) is 15.5. The number of ether oxygens (including phenoxy) is 1. The Hall–Kier alpha value is -2.33. The van der Waals surface area contributed by atoms with E-state index in [-0.39, 0.29) is 11.8 Å². The van der Waals surface area contributed by atoms with Gasteiger partial charge in [-0.3, -0.25) is 4.79 Å². The van der Waals surface area contributed by atoms with E-state index in [4.69, 9.17) is 16.3 Å². The van der Waals surface area contributed by atoms with Crippen LogP contribution in [0, 0.1) is 5.92 Å². The lowest BCUT2D eigenvalue weighted by molar-refractivity contribution is -0.121. The monoisotopic (exact) mass is 314 g/mol. The van der Waals surface area contributed by atoms with Crippen molar-refractivity contribution in [2.75, 3.05) is 0 Å². The number of hydrazone groups is 1. The number of rotatable bonds is 3. The molecule has 0 radical (unpaired) electrons. The SMILES string of the molecule is CC1CC(=O)NN=C1c1ccc(Oc2ccc(Cl)cc2)cc1. The molecule has 3 rings (SSSR count). The summed E-state index contributed by atoms with van der Waals surface area (Å²) in [6, 6.07) is 14.9. The van der Waals surface area contributed by atoms with E-state index in [9.17, 15) is 4.79 Å². The molecule has 0 aromatic heterocycles. The first-order valence-electron chi connectivity index (χ1n) is 7.02. The van der Waals surface area contributed by atoms with Crippen LogP contribution in [-0.4, -0.2) is 11.6 Å². The smallest absolute Gasteiger partial charge is 0.240 e. The second kappa shape index (κ2) is 6.20. The molecule has 0 saturated heterocycles. The third-order valence-corrected chi connectivity index (χ3v) is 3.71. The lowest BCUT2D eigenvalue weighted by Gasteiger charge is -2.19. The highest BCUT2D eigenvalue weighted by atomic mass is 35.5. The summed E-state index contributed by atoms with van der Waals surface area (Å²) in [6.07, 6.45) is 0.460. The quantitative estimate of drug-likeness (QED) is 0.931. The van der Waals surface area contributed by atoms with E-state index in [1.807, 2.05) is 43.3 Å². The van der Waals surface area contributed by atoms with Gasteiger partial charge in [-0.2, -0.15) is 5.10 Å². The van der Waals surface area contributed by atoms with Gasteiger partial charge in [-0.1, -0.05) is 18.5 Å². The molecule has 1 amide bonds. The Balaban J connectivity index is 1.75. The molecule has 5 heteroatoms. The van der Waals surface area contributed by atoms with Gasteiger partial charge in [0.15, 0.2) is 0 Å². The third-order valence-electron chi connectivity index (χ3n) is 3.46. The summed E-state index contributed by atoms with van der Waals surface area (Å²) in [5.41, 5.74) is 4.40. The van der Waals surface area contributed by atoms with Gasteiger partial charge in [0, 0.05) is 17.4 Å². The van der Waals surface area contributed by atoms with E-state index < -0.39 is 0 Å². The highest BCUT2D eigenvalue weighted by Crippen LogP contribution is 2.24. The van der Waals surface area contributed by atoms with E-state index in [1.165, 1.54) is 0 Å². The summed E-state index contributed by atoms with van der Waals surface area (Å²) in [6.45, 7) is 2.00. The standard InChI is InChI=1S/C17H15ClN2O2/c1-11-10-16(21)19-20-17(11)12-2-6-14(7-3-12)22-15-8-4-13(18)5-9-15/h2-9,11H,10H2,1H3,(H,19,21). The van der Waals surface area contributed by atoms with Crippen LogP contribution in [0.3, 0.4) is 0 Å². The number of hydrogen-bond acceptors (Lipinski definition) is 3. The molecule has 22 heavy (non-hydrogen) atoms. The average Bonchev–Trinajstić information content (AvgIpc) is 2.51. The molecule has 1 aliphatic rings. The Bertz CT molecular complexity index is 708. The van der Waals surface area contributed by atoms with Gasteiger partial charge >= 0.3 is 0 Å². The summed E-state index contributed by atoms with van der Waals surface area (Å²) >= 11 is 5.85. The minimum atomic E-state index is -0.0426. The minimum Gasteiger partial charge on any atom is -0.457 e. The zero-order valence-electron chi connectivity index (χ0n) is 12.0. The molecule has 4 nitrogen and oxygen atoms in total. The molecule has 0 fully saturated rings. The van der Waals surface area contributed by atoms with Crippen LogP contribution in [0.1, 0.15) is 18.9 Å². The van der Waals surface area contributed by atoms with Crippen LogP contribution < -0.4 is 10.2 Å². The molecule has 112 valence electrons. The van der Waals surface area contributed by atoms with Gasteiger partial charge in [0.2, 0.25) is 5.91 Å². The number of carbonyl (C=O) groups is 1. The first-order chi connectivity index (χ1) is 10.6. The summed E-state index contributed by atoms with van der Waals surface area (Å²) in [5, 5.41) is 4.82. The summed E-state index contributed by atoms with van der Waals surface area (Å²) < 4.78 is 5.75. The molecule has 0 bridgehead atoms. The molecule has 0 spiro atoms. The minimum absolute atomic E-state index is 0.0426. The van der Waals surface area contributed by atoms with Crippen LogP contribution >= 0.6 is 11.6 Å². The first kappa shape index (κ1) is 14.6. The second-order valence-corrected chi connectivity index (χ2v) is 5.65. The maximum Gasteiger partial charge on any atom is 0.240 e. The van der Waals surface area contributed by atoms with Crippen molar-refractivity contribution in [2.24, 2.45) is 11.0 Å². The molecule has 1 atom stereocenters. The maximum atomic E-state index is 11.3. The van der Waals surface area contributed by atoms with Crippen LogP contribution in [0.5, 0.6) is 11.5 Å². The Morgan fingerprint density at radius 3 is 2.27 bits per heavy atom. The van der Waals surface area contributed by atoms with Crippen LogP contribution in [0.25, 0.3) is 0 Å². The fraction of sp³-hybridized carbons (Fsp3) is 0.176. The third kappa shape index (κ3) is 3.28.